The van der Waals surface area contributed by atoms with Gasteiger partial charge < -0.3 is 5.32 Å². The van der Waals surface area contributed by atoms with Crippen molar-refractivity contribution in [1.82, 2.24) is 5.32 Å². The van der Waals surface area contributed by atoms with Crippen LogP contribution in [-0.2, 0) is 14.6 Å². The molecule has 0 saturated heterocycles. The first kappa shape index (κ1) is 13.9. The molecule has 0 aliphatic carbocycles. The predicted octanol–water partition coefficient (Wildman–Crippen LogP) is 0.0871. The molecule has 0 bridgehead atoms. The Morgan fingerprint density at radius 3 is 2.53 bits per heavy atom. The highest BCUT2D eigenvalue weighted by Crippen LogP contribution is 2.04. The minimum atomic E-state index is -3.06. The van der Waals surface area contributed by atoms with Crippen molar-refractivity contribution in [3.05, 3.63) is 0 Å². The second-order valence-electron chi connectivity index (χ2n) is 3.39. The molecular formula is C9H16N2O3S. The monoisotopic (exact) mass is 232 g/mol. The lowest BCUT2D eigenvalue weighted by Gasteiger charge is -2.08. The van der Waals surface area contributed by atoms with Crippen LogP contribution in [0, 0.1) is 17.2 Å². The molecule has 0 fully saturated rings. The molecule has 0 radical (unpaired) electrons. The maximum Gasteiger partial charge on any atom is 0.237 e. The summed E-state index contributed by atoms with van der Waals surface area (Å²) >= 11 is 0. The fourth-order valence-corrected chi connectivity index (χ4v) is 1.50. The number of nitrogens with one attached hydrogen (secondary N) is 1. The zero-order chi connectivity index (χ0) is 11.9. The molecule has 1 N–H and O–H groups in total. The predicted molar refractivity (Wildman–Crippen MR) is 56.7 cm³/mol. The summed E-state index contributed by atoms with van der Waals surface area (Å²) < 4.78 is 21.5. The van der Waals surface area contributed by atoms with E-state index >= 15 is 0 Å². The first-order valence-corrected chi connectivity index (χ1v) is 6.81. The third kappa shape index (κ3) is 6.91. The van der Waals surface area contributed by atoms with E-state index in [0.29, 0.717) is 6.42 Å². The van der Waals surface area contributed by atoms with Crippen LogP contribution in [-0.4, -0.2) is 32.9 Å². The van der Waals surface area contributed by atoms with Crippen LogP contribution in [0.15, 0.2) is 0 Å². The molecule has 1 unspecified atom stereocenters. The van der Waals surface area contributed by atoms with Gasteiger partial charge in [-0.2, -0.15) is 5.26 Å². The van der Waals surface area contributed by atoms with E-state index < -0.39 is 15.8 Å². The molecule has 0 heterocycles. The number of amides is 1. The molecule has 86 valence electrons. The number of sulfone groups is 1. The topological polar surface area (TPSA) is 87.0 Å². The molecule has 0 aromatic carbocycles. The summed E-state index contributed by atoms with van der Waals surface area (Å²) in [4.78, 5) is 11.3. The molecule has 0 aromatic heterocycles. The fraction of sp³-hybridized carbons (Fsp3) is 0.778. The van der Waals surface area contributed by atoms with Gasteiger partial charge in [0.25, 0.3) is 0 Å². The molecule has 1 amide bonds. The van der Waals surface area contributed by atoms with Crippen molar-refractivity contribution in [3.8, 4) is 6.07 Å². The average Bonchev–Trinajstić information content (AvgIpc) is 2.11. The number of hydrogen-bond donors (Lipinski definition) is 1. The van der Waals surface area contributed by atoms with Crippen molar-refractivity contribution in [2.24, 2.45) is 5.92 Å². The summed E-state index contributed by atoms with van der Waals surface area (Å²) in [5.74, 6) is -1.15. The zero-order valence-electron chi connectivity index (χ0n) is 8.99. The summed E-state index contributed by atoms with van der Waals surface area (Å²) in [6.07, 6.45) is 2.35. The van der Waals surface area contributed by atoms with Gasteiger partial charge in [0, 0.05) is 12.8 Å². The first-order valence-electron chi connectivity index (χ1n) is 4.75. The third-order valence-corrected chi connectivity index (χ3v) is 2.77. The van der Waals surface area contributed by atoms with Gasteiger partial charge in [0.2, 0.25) is 5.91 Å². The van der Waals surface area contributed by atoms with Crippen LogP contribution in [0.25, 0.3) is 0 Å². The summed E-state index contributed by atoms with van der Waals surface area (Å²) in [7, 11) is -3.06. The Labute approximate surface area is 90.4 Å². The number of nitrogens with zero attached hydrogens (tertiary/aromatic N) is 1. The molecule has 0 saturated carbocycles. The van der Waals surface area contributed by atoms with Crippen molar-refractivity contribution in [2.45, 2.75) is 19.8 Å². The van der Waals surface area contributed by atoms with Crippen LogP contribution < -0.4 is 5.32 Å². The second-order valence-corrected chi connectivity index (χ2v) is 5.65. The van der Waals surface area contributed by atoms with Crippen LogP contribution in [0.2, 0.25) is 0 Å². The standard InChI is InChI=1S/C9H16N2O3S/c1-3-4-8(7-10)9(12)11-5-6-15(2,13)14/h8H,3-6H2,1-2H3,(H,11,12). The Kier molecular flexibility index (Phi) is 5.94. The van der Waals surface area contributed by atoms with E-state index in [2.05, 4.69) is 5.32 Å². The van der Waals surface area contributed by atoms with Gasteiger partial charge in [-0.3, -0.25) is 4.79 Å². The average molecular weight is 232 g/mol. The Morgan fingerprint density at radius 1 is 1.53 bits per heavy atom. The van der Waals surface area contributed by atoms with Crippen molar-refractivity contribution in [1.29, 1.82) is 5.26 Å². The first-order chi connectivity index (χ1) is 6.90. The number of hydrogen-bond acceptors (Lipinski definition) is 4. The van der Waals surface area contributed by atoms with E-state index in [4.69, 9.17) is 5.26 Å². The molecule has 1 atom stereocenters. The largest absolute Gasteiger partial charge is 0.354 e. The zero-order valence-corrected chi connectivity index (χ0v) is 9.80. The van der Waals surface area contributed by atoms with E-state index in [1.165, 1.54) is 0 Å². The Hall–Kier alpha value is -1.09. The molecule has 0 aliphatic heterocycles. The maximum absolute atomic E-state index is 11.3. The van der Waals surface area contributed by atoms with Crippen LogP contribution in [0.3, 0.4) is 0 Å². The van der Waals surface area contributed by atoms with Crippen molar-refractivity contribution in [3.63, 3.8) is 0 Å². The maximum atomic E-state index is 11.3. The van der Waals surface area contributed by atoms with Crippen molar-refractivity contribution < 1.29 is 13.2 Å². The summed E-state index contributed by atoms with van der Waals surface area (Å²) in [5.41, 5.74) is 0. The van der Waals surface area contributed by atoms with E-state index in [1.54, 1.807) is 0 Å². The molecule has 0 aliphatic rings. The smallest absolute Gasteiger partial charge is 0.237 e. The van der Waals surface area contributed by atoms with E-state index in [9.17, 15) is 13.2 Å². The summed E-state index contributed by atoms with van der Waals surface area (Å²) in [6, 6.07) is 1.89. The Morgan fingerprint density at radius 2 is 2.13 bits per heavy atom. The van der Waals surface area contributed by atoms with E-state index in [1.807, 2.05) is 13.0 Å². The van der Waals surface area contributed by atoms with E-state index in [0.717, 1.165) is 12.7 Å². The lowest BCUT2D eigenvalue weighted by Crippen LogP contribution is -2.33. The molecule has 0 rings (SSSR count). The van der Waals surface area contributed by atoms with Gasteiger partial charge in [-0.1, -0.05) is 13.3 Å². The van der Waals surface area contributed by atoms with Gasteiger partial charge in [0.15, 0.2) is 0 Å². The van der Waals surface area contributed by atoms with Gasteiger partial charge in [-0.15, -0.1) is 0 Å². The molecular weight excluding hydrogens is 216 g/mol. The number of carbonyl (C=O) groups is 1. The minimum Gasteiger partial charge on any atom is -0.354 e. The summed E-state index contributed by atoms with van der Waals surface area (Å²) in [6.45, 7) is 1.95. The Balaban J connectivity index is 3.98. The van der Waals surface area contributed by atoms with Crippen molar-refractivity contribution >= 4 is 15.7 Å². The molecule has 0 spiro atoms. The fourth-order valence-electron chi connectivity index (χ4n) is 1.03. The van der Waals surface area contributed by atoms with Gasteiger partial charge in [-0.05, 0) is 6.42 Å². The van der Waals surface area contributed by atoms with Gasteiger partial charge in [0.1, 0.15) is 15.8 Å². The highest BCUT2D eigenvalue weighted by atomic mass is 32.2. The Bertz CT molecular complexity index is 343. The lowest BCUT2D eigenvalue weighted by molar-refractivity contribution is -0.123. The normalized spacial score (nSPS) is 12.9. The van der Waals surface area contributed by atoms with Gasteiger partial charge in [0.05, 0.1) is 11.8 Å². The molecule has 15 heavy (non-hydrogen) atoms. The molecule has 0 aromatic rings. The minimum absolute atomic E-state index is 0.0690. The SMILES string of the molecule is CCCC(C#N)C(=O)NCCS(C)(=O)=O. The highest BCUT2D eigenvalue weighted by Gasteiger charge is 2.16. The lowest BCUT2D eigenvalue weighted by atomic mass is 10.1. The van der Waals surface area contributed by atoms with Crippen molar-refractivity contribution in [2.75, 3.05) is 18.6 Å². The van der Waals surface area contributed by atoms with Crippen LogP contribution in [0.4, 0.5) is 0 Å². The number of nitriles is 1. The number of rotatable bonds is 6. The van der Waals surface area contributed by atoms with Gasteiger partial charge in [-0.25, -0.2) is 8.42 Å². The van der Waals surface area contributed by atoms with Crippen LogP contribution >= 0.6 is 0 Å². The van der Waals surface area contributed by atoms with E-state index in [-0.39, 0.29) is 18.2 Å². The highest BCUT2D eigenvalue weighted by molar-refractivity contribution is 7.90. The van der Waals surface area contributed by atoms with Crippen LogP contribution in [0.5, 0.6) is 0 Å². The quantitative estimate of drug-likeness (QED) is 0.703. The molecule has 5 nitrogen and oxygen atoms in total. The summed E-state index contributed by atoms with van der Waals surface area (Å²) in [5, 5.41) is 11.1. The van der Waals surface area contributed by atoms with Gasteiger partial charge >= 0.3 is 0 Å². The molecule has 6 heteroatoms. The number of carbonyl (C=O) groups excluding carboxylic acids is 1. The van der Waals surface area contributed by atoms with Crippen LogP contribution in [0.1, 0.15) is 19.8 Å². The third-order valence-electron chi connectivity index (χ3n) is 1.82. The second kappa shape index (κ2) is 6.40.